The van der Waals surface area contributed by atoms with Gasteiger partial charge in [-0.1, -0.05) is 19.9 Å². The van der Waals surface area contributed by atoms with Crippen molar-refractivity contribution >= 4 is 0 Å². The van der Waals surface area contributed by atoms with Gasteiger partial charge in [0.2, 0.25) is 0 Å². The van der Waals surface area contributed by atoms with Crippen molar-refractivity contribution in [3.8, 4) is 5.75 Å². The third kappa shape index (κ3) is 6.02. The molecule has 0 aliphatic carbocycles. The van der Waals surface area contributed by atoms with E-state index in [2.05, 4.69) is 45.1 Å². The molecule has 0 radical (unpaired) electrons. The first kappa shape index (κ1) is 17.9. The zero-order valence-electron chi connectivity index (χ0n) is 14.1. The molecule has 3 nitrogen and oxygen atoms in total. The van der Waals surface area contributed by atoms with Gasteiger partial charge < -0.3 is 15.0 Å². The molecule has 21 heavy (non-hydrogen) atoms. The van der Waals surface area contributed by atoms with E-state index in [-0.39, 0.29) is 11.9 Å². The number of rotatable bonds is 8. The second kappa shape index (κ2) is 8.35. The molecule has 120 valence electrons. The van der Waals surface area contributed by atoms with E-state index in [1.54, 1.807) is 6.07 Å². The number of ether oxygens (including phenoxy) is 1. The van der Waals surface area contributed by atoms with Gasteiger partial charge in [-0.3, -0.25) is 0 Å². The summed E-state index contributed by atoms with van der Waals surface area (Å²) < 4.78 is 18.5. The van der Waals surface area contributed by atoms with Crippen molar-refractivity contribution in [2.45, 2.75) is 39.3 Å². The molecule has 0 aliphatic rings. The van der Waals surface area contributed by atoms with Crippen molar-refractivity contribution in [2.24, 2.45) is 5.92 Å². The van der Waals surface area contributed by atoms with Gasteiger partial charge >= 0.3 is 0 Å². The van der Waals surface area contributed by atoms with Crippen molar-refractivity contribution in [3.05, 3.63) is 29.6 Å². The molecular formula is C17H29FN2O. The average molecular weight is 296 g/mol. The van der Waals surface area contributed by atoms with Gasteiger partial charge in [0.15, 0.2) is 11.6 Å². The van der Waals surface area contributed by atoms with Crippen LogP contribution in [0.1, 0.15) is 38.8 Å². The van der Waals surface area contributed by atoms with Crippen molar-refractivity contribution in [1.29, 1.82) is 0 Å². The third-order valence-corrected chi connectivity index (χ3v) is 3.50. The fourth-order valence-electron chi connectivity index (χ4n) is 2.60. The number of hydrogen-bond acceptors (Lipinski definition) is 3. The number of nitrogens with one attached hydrogen (secondary N) is 1. The molecular weight excluding hydrogens is 267 g/mol. The number of hydrogen-bond donors (Lipinski definition) is 1. The van der Waals surface area contributed by atoms with Crippen LogP contribution in [0.25, 0.3) is 0 Å². The summed E-state index contributed by atoms with van der Waals surface area (Å²) in [6.45, 7) is 7.56. The topological polar surface area (TPSA) is 24.5 Å². The Hall–Kier alpha value is -1.13. The first-order valence-electron chi connectivity index (χ1n) is 7.57. The molecule has 0 aliphatic heterocycles. The van der Waals surface area contributed by atoms with Crippen LogP contribution in [-0.2, 0) is 0 Å². The molecule has 4 heteroatoms. The summed E-state index contributed by atoms with van der Waals surface area (Å²) in [6, 6.07) is 5.62. The molecule has 1 aromatic rings. The Labute approximate surface area is 128 Å². The minimum Gasteiger partial charge on any atom is -0.494 e. The van der Waals surface area contributed by atoms with Crippen LogP contribution in [-0.4, -0.2) is 38.7 Å². The predicted molar refractivity (Wildman–Crippen MR) is 86.3 cm³/mol. The number of benzene rings is 1. The maximum Gasteiger partial charge on any atom is 0.165 e. The van der Waals surface area contributed by atoms with E-state index in [1.165, 1.54) is 13.2 Å². The molecule has 0 saturated heterocycles. The summed E-state index contributed by atoms with van der Waals surface area (Å²) in [7, 11) is 5.66. The Morgan fingerprint density at radius 3 is 2.43 bits per heavy atom. The van der Waals surface area contributed by atoms with Crippen LogP contribution < -0.4 is 10.1 Å². The van der Waals surface area contributed by atoms with Gasteiger partial charge in [0, 0.05) is 18.6 Å². The Morgan fingerprint density at radius 2 is 1.90 bits per heavy atom. The molecule has 0 amide bonds. The van der Waals surface area contributed by atoms with E-state index >= 15 is 0 Å². The molecule has 2 unspecified atom stereocenters. The van der Waals surface area contributed by atoms with E-state index in [4.69, 9.17) is 4.74 Å². The first-order valence-corrected chi connectivity index (χ1v) is 7.57. The van der Waals surface area contributed by atoms with Crippen molar-refractivity contribution in [3.63, 3.8) is 0 Å². The molecule has 2 atom stereocenters. The maximum atomic E-state index is 13.5. The summed E-state index contributed by atoms with van der Waals surface area (Å²) >= 11 is 0. The zero-order chi connectivity index (χ0) is 16.0. The van der Waals surface area contributed by atoms with Crippen molar-refractivity contribution in [2.75, 3.05) is 27.7 Å². The summed E-state index contributed by atoms with van der Waals surface area (Å²) in [5, 5.41) is 3.65. The Balaban J connectivity index is 2.78. The molecule has 0 aromatic heterocycles. The summed E-state index contributed by atoms with van der Waals surface area (Å²) in [5.41, 5.74) is 1.04. The number of likely N-dealkylation sites (N-methyl/N-ethyl adjacent to an activating group) is 1. The smallest absolute Gasteiger partial charge is 0.165 e. The van der Waals surface area contributed by atoms with Gasteiger partial charge in [-0.05, 0) is 51.1 Å². The number of nitrogens with zero attached hydrogens (tertiary/aromatic N) is 1. The van der Waals surface area contributed by atoms with Crippen LogP contribution in [0.3, 0.4) is 0 Å². The zero-order valence-corrected chi connectivity index (χ0v) is 14.1. The van der Waals surface area contributed by atoms with Crippen LogP contribution in [0.5, 0.6) is 5.75 Å². The van der Waals surface area contributed by atoms with Crippen LogP contribution >= 0.6 is 0 Å². The van der Waals surface area contributed by atoms with E-state index in [1.807, 2.05) is 6.07 Å². The molecule has 0 heterocycles. The van der Waals surface area contributed by atoms with E-state index in [9.17, 15) is 4.39 Å². The normalized spacial score (nSPS) is 14.5. The van der Waals surface area contributed by atoms with Gasteiger partial charge in [0.05, 0.1) is 7.11 Å². The van der Waals surface area contributed by atoms with Crippen LogP contribution in [0.4, 0.5) is 4.39 Å². The minimum atomic E-state index is -0.319. The first-order chi connectivity index (χ1) is 9.83. The summed E-state index contributed by atoms with van der Waals surface area (Å²) in [4.78, 5) is 2.19. The number of methoxy groups -OCH3 is 1. The molecule has 0 spiro atoms. The lowest BCUT2D eigenvalue weighted by Crippen LogP contribution is -2.40. The van der Waals surface area contributed by atoms with Crippen LogP contribution in [0.15, 0.2) is 18.2 Å². The molecule has 0 saturated carbocycles. The molecule has 1 aromatic carbocycles. The van der Waals surface area contributed by atoms with E-state index in [0.29, 0.717) is 17.7 Å². The highest BCUT2D eigenvalue weighted by Gasteiger charge is 2.17. The van der Waals surface area contributed by atoms with Gasteiger partial charge in [-0.25, -0.2) is 4.39 Å². The van der Waals surface area contributed by atoms with Gasteiger partial charge in [0.25, 0.3) is 0 Å². The lowest BCUT2D eigenvalue weighted by atomic mass is 10.0. The predicted octanol–water partition coefficient (Wildman–Crippen LogP) is 3.46. The van der Waals surface area contributed by atoms with Gasteiger partial charge in [-0.2, -0.15) is 0 Å². The van der Waals surface area contributed by atoms with Crippen molar-refractivity contribution in [1.82, 2.24) is 10.2 Å². The largest absolute Gasteiger partial charge is 0.494 e. The lowest BCUT2D eigenvalue weighted by molar-refractivity contribution is 0.290. The fraction of sp³-hybridized carbons (Fsp3) is 0.647. The standard InChI is InChI=1S/C17H29FN2O/c1-12(2)9-15(11-20(4)5)19-13(3)14-7-8-16(18)17(10-14)21-6/h7-8,10,12-13,15,19H,9,11H2,1-6H3. The average Bonchev–Trinajstić information content (AvgIpc) is 2.37. The molecule has 1 N–H and O–H groups in total. The Kier molecular flexibility index (Phi) is 7.12. The van der Waals surface area contributed by atoms with E-state index < -0.39 is 0 Å². The highest BCUT2D eigenvalue weighted by atomic mass is 19.1. The van der Waals surface area contributed by atoms with Crippen molar-refractivity contribution < 1.29 is 9.13 Å². The van der Waals surface area contributed by atoms with Crippen LogP contribution in [0, 0.1) is 11.7 Å². The highest BCUT2D eigenvalue weighted by molar-refractivity contribution is 5.32. The third-order valence-electron chi connectivity index (χ3n) is 3.50. The molecule has 0 fully saturated rings. The van der Waals surface area contributed by atoms with Crippen LogP contribution in [0.2, 0.25) is 0 Å². The van der Waals surface area contributed by atoms with Gasteiger partial charge in [-0.15, -0.1) is 0 Å². The summed E-state index contributed by atoms with van der Waals surface area (Å²) in [5.74, 6) is 0.618. The Morgan fingerprint density at radius 1 is 1.24 bits per heavy atom. The summed E-state index contributed by atoms with van der Waals surface area (Å²) in [6.07, 6.45) is 1.11. The Bertz CT molecular complexity index is 425. The lowest BCUT2D eigenvalue weighted by Gasteiger charge is -2.27. The fourth-order valence-corrected chi connectivity index (χ4v) is 2.60. The second-order valence-electron chi connectivity index (χ2n) is 6.37. The number of halogens is 1. The maximum absolute atomic E-state index is 13.5. The van der Waals surface area contributed by atoms with Gasteiger partial charge in [0.1, 0.15) is 0 Å². The minimum absolute atomic E-state index is 0.156. The monoisotopic (exact) mass is 296 g/mol. The van der Waals surface area contributed by atoms with E-state index in [0.717, 1.165) is 18.5 Å². The molecule has 0 bridgehead atoms. The second-order valence-corrected chi connectivity index (χ2v) is 6.37. The molecule has 1 rings (SSSR count). The SMILES string of the molecule is COc1cc(C(C)NC(CC(C)C)CN(C)C)ccc1F. The quantitative estimate of drug-likeness (QED) is 0.795. The highest BCUT2D eigenvalue weighted by Crippen LogP contribution is 2.23.